The molecule has 1 N–H and O–H groups in total. The van der Waals surface area contributed by atoms with Crippen molar-refractivity contribution in [3.63, 3.8) is 0 Å². The zero-order valence-corrected chi connectivity index (χ0v) is 16.9. The molecular weight excluding hydrogens is 390 g/mol. The van der Waals surface area contributed by atoms with Crippen LogP contribution in [0.3, 0.4) is 0 Å². The van der Waals surface area contributed by atoms with E-state index >= 15 is 0 Å². The number of esters is 1. The molecule has 9 heteroatoms. The minimum absolute atomic E-state index is 0.0666. The Labute approximate surface area is 173 Å². The molecule has 4 rings (SSSR count). The normalized spacial score (nSPS) is 23.9. The number of rotatable bonds is 6. The number of oxazole rings is 1. The van der Waals surface area contributed by atoms with E-state index in [0.717, 1.165) is 17.7 Å². The van der Waals surface area contributed by atoms with Crippen molar-refractivity contribution < 1.29 is 23.5 Å². The Kier molecular flexibility index (Phi) is 5.36. The van der Waals surface area contributed by atoms with E-state index in [1.165, 1.54) is 4.57 Å². The van der Waals surface area contributed by atoms with Gasteiger partial charge in [0.15, 0.2) is 5.58 Å². The summed E-state index contributed by atoms with van der Waals surface area (Å²) in [6.07, 6.45) is 3.32. The lowest BCUT2D eigenvalue weighted by molar-refractivity contribution is -0.148. The first kappa shape index (κ1) is 20.2. The SMILES string of the molecule is CC1CCC2(CC1)NC(=O)N(CC(=O)OCCCn1c(=O)oc3ccccc31)C2=O. The van der Waals surface area contributed by atoms with E-state index in [2.05, 4.69) is 12.2 Å². The lowest BCUT2D eigenvalue weighted by Crippen LogP contribution is -2.49. The standard InChI is InChI=1S/C21H25N3O6/c1-14-7-9-21(10-8-14)18(26)24(19(27)22-21)13-17(25)29-12-4-11-23-15-5-2-3-6-16(15)30-20(23)28/h2-3,5-6,14H,4,7-13H2,1H3,(H,22,27). The third-order valence-corrected chi connectivity index (χ3v) is 6.02. The van der Waals surface area contributed by atoms with Crippen molar-refractivity contribution in [2.45, 2.75) is 51.1 Å². The number of nitrogens with zero attached hydrogens (tertiary/aromatic N) is 2. The van der Waals surface area contributed by atoms with Crippen molar-refractivity contribution in [3.8, 4) is 0 Å². The number of aromatic nitrogens is 1. The molecule has 2 aromatic rings. The fraction of sp³-hybridized carbons (Fsp3) is 0.524. The Balaban J connectivity index is 1.28. The molecule has 1 aromatic carbocycles. The summed E-state index contributed by atoms with van der Waals surface area (Å²) in [5, 5.41) is 2.79. The topological polar surface area (TPSA) is 111 Å². The van der Waals surface area contributed by atoms with Gasteiger partial charge in [-0.05, 0) is 50.2 Å². The van der Waals surface area contributed by atoms with Crippen molar-refractivity contribution in [3.05, 3.63) is 34.8 Å². The maximum Gasteiger partial charge on any atom is 0.419 e. The third kappa shape index (κ3) is 3.71. The smallest absolute Gasteiger partial charge is 0.419 e. The molecule has 0 atom stereocenters. The summed E-state index contributed by atoms with van der Waals surface area (Å²) in [5.74, 6) is -0.926. The molecule has 1 aliphatic carbocycles. The van der Waals surface area contributed by atoms with Crippen LogP contribution in [-0.2, 0) is 20.9 Å². The van der Waals surface area contributed by atoms with Gasteiger partial charge in [-0.2, -0.15) is 0 Å². The molecular formula is C21H25N3O6. The molecule has 160 valence electrons. The highest BCUT2D eigenvalue weighted by Crippen LogP contribution is 2.36. The van der Waals surface area contributed by atoms with Crippen LogP contribution in [0.1, 0.15) is 39.0 Å². The highest BCUT2D eigenvalue weighted by Gasteiger charge is 2.52. The van der Waals surface area contributed by atoms with Crippen LogP contribution in [-0.4, -0.2) is 46.1 Å². The molecule has 1 aliphatic heterocycles. The van der Waals surface area contributed by atoms with Gasteiger partial charge in [-0.3, -0.25) is 19.1 Å². The van der Waals surface area contributed by atoms with E-state index in [9.17, 15) is 19.2 Å². The Morgan fingerprint density at radius 2 is 1.97 bits per heavy atom. The van der Waals surface area contributed by atoms with E-state index in [-0.39, 0.29) is 12.5 Å². The molecule has 0 bridgehead atoms. The second-order valence-electron chi connectivity index (χ2n) is 8.15. The van der Waals surface area contributed by atoms with E-state index < -0.39 is 29.8 Å². The van der Waals surface area contributed by atoms with E-state index in [1.807, 2.05) is 6.07 Å². The van der Waals surface area contributed by atoms with E-state index in [0.29, 0.717) is 42.8 Å². The maximum atomic E-state index is 12.8. The molecule has 1 saturated heterocycles. The van der Waals surface area contributed by atoms with Crippen molar-refractivity contribution >= 4 is 29.0 Å². The Bertz CT molecular complexity index is 1030. The number of amides is 3. The number of ether oxygens (including phenoxy) is 1. The largest absolute Gasteiger partial charge is 0.464 e. The number of carbonyl (C=O) groups excluding carboxylic acids is 3. The van der Waals surface area contributed by atoms with Gasteiger partial charge >= 0.3 is 17.8 Å². The van der Waals surface area contributed by atoms with Gasteiger partial charge in [0.05, 0.1) is 12.1 Å². The number of nitrogens with one attached hydrogen (secondary N) is 1. The number of hydrogen-bond donors (Lipinski definition) is 1. The summed E-state index contributed by atoms with van der Waals surface area (Å²) < 4.78 is 11.8. The van der Waals surface area contributed by atoms with Crippen LogP contribution in [0, 0.1) is 5.92 Å². The van der Waals surface area contributed by atoms with Gasteiger partial charge in [0.2, 0.25) is 0 Å². The molecule has 2 fully saturated rings. The molecule has 0 unspecified atom stereocenters. The minimum atomic E-state index is -0.868. The van der Waals surface area contributed by atoms with Crippen molar-refractivity contribution in [2.75, 3.05) is 13.2 Å². The predicted octanol–water partition coefficient (Wildman–Crippen LogP) is 2.03. The van der Waals surface area contributed by atoms with Gasteiger partial charge in [-0.15, -0.1) is 0 Å². The summed E-state index contributed by atoms with van der Waals surface area (Å²) in [4.78, 5) is 50.1. The van der Waals surface area contributed by atoms with Gasteiger partial charge in [0.25, 0.3) is 5.91 Å². The van der Waals surface area contributed by atoms with Crippen molar-refractivity contribution in [1.29, 1.82) is 0 Å². The second kappa shape index (κ2) is 7.97. The predicted molar refractivity (Wildman–Crippen MR) is 107 cm³/mol. The maximum absolute atomic E-state index is 12.8. The monoisotopic (exact) mass is 415 g/mol. The van der Waals surface area contributed by atoms with Crippen molar-refractivity contribution in [1.82, 2.24) is 14.8 Å². The third-order valence-electron chi connectivity index (χ3n) is 6.02. The molecule has 1 aromatic heterocycles. The number of hydrogen-bond acceptors (Lipinski definition) is 6. The van der Waals surface area contributed by atoms with E-state index in [1.54, 1.807) is 18.2 Å². The van der Waals surface area contributed by atoms with Crippen LogP contribution in [0.2, 0.25) is 0 Å². The molecule has 1 saturated carbocycles. The highest BCUT2D eigenvalue weighted by molar-refractivity contribution is 6.08. The Morgan fingerprint density at radius 1 is 1.23 bits per heavy atom. The first-order valence-electron chi connectivity index (χ1n) is 10.3. The lowest BCUT2D eigenvalue weighted by atomic mass is 9.77. The number of benzene rings is 1. The van der Waals surface area contributed by atoms with E-state index in [4.69, 9.17) is 9.15 Å². The van der Waals surface area contributed by atoms with Gasteiger partial charge in [-0.25, -0.2) is 9.59 Å². The number of fused-ring (bicyclic) bond motifs is 1. The zero-order chi connectivity index (χ0) is 21.3. The average molecular weight is 415 g/mol. The fourth-order valence-corrected chi connectivity index (χ4v) is 4.22. The summed E-state index contributed by atoms with van der Waals surface area (Å²) in [6, 6.07) is 6.55. The van der Waals surface area contributed by atoms with Crippen LogP contribution in [0.15, 0.2) is 33.5 Å². The number of aryl methyl sites for hydroxylation is 1. The van der Waals surface area contributed by atoms with Crippen molar-refractivity contribution in [2.24, 2.45) is 5.92 Å². The second-order valence-corrected chi connectivity index (χ2v) is 8.15. The van der Waals surface area contributed by atoms with Crippen LogP contribution < -0.4 is 11.1 Å². The molecule has 2 heterocycles. The molecule has 9 nitrogen and oxygen atoms in total. The molecule has 1 spiro atoms. The van der Waals surface area contributed by atoms with Crippen LogP contribution >= 0.6 is 0 Å². The molecule has 2 aliphatic rings. The van der Waals surface area contributed by atoms with Gasteiger partial charge in [0, 0.05) is 6.54 Å². The average Bonchev–Trinajstić information content (AvgIpc) is 3.16. The first-order valence-corrected chi connectivity index (χ1v) is 10.3. The van der Waals surface area contributed by atoms with Gasteiger partial charge < -0.3 is 14.5 Å². The fourth-order valence-electron chi connectivity index (χ4n) is 4.22. The number of urea groups is 1. The Morgan fingerprint density at radius 3 is 2.73 bits per heavy atom. The van der Waals surface area contributed by atoms with Gasteiger partial charge in [0.1, 0.15) is 12.1 Å². The summed E-state index contributed by atoms with van der Waals surface area (Å²) in [5.41, 5.74) is 0.317. The number of para-hydroxylation sites is 2. The summed E-state index contributed by atoms with van der Waals surface area (Å²) >= 11 is 0. The Hall–Kier alpha value is -3.10. The van der Waals surface area contributed by atoms with Crippen LogP contribution in [0.4, 0.5) is 4.79 Å². The van der Waals surface area contributed by atoms with Crippen LogP contribution in [0.5, 0.6) is 0 Å². The summed E-state index contributed by atoms with van der Waals surface area (Å²) in [6.45, 7) is 2.12. The number of carbonyl (C=O) groups is 3. The van der Waals surface area contributed by atoms with Gasteiger partial charge in [-0.1, -0.05) is 19.1 Å². The van der Waals surface area contributed by atoms with Crippen LogP contribution in [0.25, 0.3) is 11.1 Å². The summed E-state index contributed by atoms with van der Waals surface area (Å²) in [7, 11) is 0. The number of imide groups is 1. The molecule has 0 radical (unpaired) electrons. The molecule has 3 amide bonds. The quantitative estimate of drug-likeness (QED) is 0.439. The minimum Gasteiger partial charge on any atom is -0.464 e. The first-order chi connectivity index (χ1) is 14.4. The lowest BCUT2D eigenvalue weighted by Gasteiger charge is -2.33. The highest BCUT2D eigenvalue weighted by atomic mass is 16.5. The molecule has 30 heavy (non-hydrogen) atoms. The zero-order valence-electron chi connectivity index (χ0n) is 16.9.